The summed E-state index contributed by atoms with van der Waals surface area (Å²) in [6.07, 6.45) is 0. The fourth-order valence-electron chi connectivity index (χ4n) is 1.32. The molecule has 1 rings (SSSR count). The van der Waals surface area contributed by atoms with Crippen molar-refractivity contribution in [3.63, 3.8) is 0 Å². The molecular weight excluding hydrogens is 196 g/mol. The lowest BCUT2D eigenvalue weighted by Crippen LogP contribution is -2.13. The highest BCUT2D eigenvalue weighted by atomic mass is 16.6. The van der Waals surface area contributed by atoms with Crippen molar-refractivity contribution < 1.29 is 4.92 Å². The molecule has 0 amide bonds. The normalized spacial score (nSPS) is 10.4. The van der Waals surface area contributed by atoms with Gasteiger partial charge in [-0.3, -0.25) is 16.0 Å². The van der Waals surface area contributed by atoms with Gasteiger partial charge in [0, 0.05) is 12.6 Å². The zero-order chi connectivity index (χ0) is 11.4. The molecule has 6 nitrogen and oxygen atoms in total. The van der Waals surface area contributed by atoms with Crippen molar-refractivity contribution in [2.75, 3.05) is 19.5 Å². The summed E-state index contributed by atoms with van der Waals surface area (Å²) < 4.78 is 0. The van der Waals surface area contributed by atoms with E-state index in [2.05, 4.69) is 5.43 Å². The van der Waals surface area contributed by atoms with Crippen molar-refractivity contribution in [1.29, 1.82) is 0 Å². The first kappa shape index (κ1) is 11.4. The highest BCUT2D eigenvalue weighted by Gasteiger charge is 2.12. The smallest absolute Gasteiger partial charge is 0.293 e. The predicted octanol–water partition coefficient (Wildman–Crippen LogP) is 0.942. The highest BCUT2D eigenvalue weighted by Crippen LogP contribution is 2.24. The Morgan fingerprint density at radius 1 is 1.53 bits per heavy atom. The third-order valence-electron chi connectivity index (χ3n) is 1.91. The third kappa shape index (κ3) is 2.90. The molecule has 0 aromatic heterocycles. The molecule has 0 saturated carbocycles. The van der Waals surface area contributed by atoms with Gasteiger partial charge in [-0.2, -0.15) is 0 Å². The molecule has 0 aliphatic carbocycles. The van der Waals surface area contributed by atoms with Gasteiger partial charge in [-0.05, 0) is 25.7 Å². The van der Waals surface area contributed by atoms with Crippen LogP contribution in [0.2, 0.25) is 0 Å². The lowest BCUT2D eigenvalue weighted by atomic mass is 10.1. The number of nitrogens with two attached hydrogens (primary N) is 1. The third-order valence-corrected chi connectivity index (χ3v) is 1.91. The summed E-state index contributed by atoms with van der Waals surface area (Å²) in [5.41, 5.74) is 3.62. The number of anilines is 1. The van der Waals surface area contributed by atoms with Crippen LogP contribution in [0, 0.1) is 10.1 Å². The monoisotopic (exact) mass is 210 g/mol. The van der Waals surface area contributed by atoms with Crippen LogP contribution >= 0.6 is 0 Å². The molecular formula is C9H14N4O2. The van der Waals surface area contributed by atoms with E-state index >= 15 is 0 Å². The second kappa shape index (κ2) is 4.72. The van der Waals surface area contributed by atoms with Crippen LogP contribution in [0.5, 0.6) is 0 Å². The number of nitrogens with one attached hydrogen (secondary N) is 1. The molecule has 0 fully saturated rings. The maximum Gasteiger partial charge on any atom is 0.293 e. The van der Waals surface area contributed by atoms with Gasteiger partial charge in [0.15, 0.2) is 0 Å². The minimum atomic E-state index is -0.464. The number of hydrazine groups is 1. The van der Waals surface area contributed by atoms with Gasteiger partial charge in [-0.25, -0.2) is 0 Å². The summed E-state index contributed by atoms with van der Waals surface area (Å²) >= 11 is 0. The van der Waals surface area contributed by atoms with Crippen LogP contribution in [0.25, 0.3) is 0 Å². The molecule has 0 unspecified atom stereocenters. The van der Waals surface area contributed by atoms with Crippen molar-refractivity contribution in [3.8, 4) is 0 Å². The van der Waals surface area contributed by atoms with Gasteiger partial charge in [-0.1, -0.05) is 6.07 Å². The van der Waals surface area contributed by atoms with Crippen LogP contribution in [-0.4, -0.2) is 23.9 Å². The van der Waals surface area contributed by atoms with E-state index in [1.807, 2.05) is 19.0 Å². The zero-order valence-electron chi connectivity index (χ0n) is 8.73. The summed E-state index contributed by atoms with van der Waals surface area (Å²) in [6.45, 7) is 0.715. The molecule has 15 heavy (non-hydrogen) atoms. The molecule has 0 aliphatic rings. The first-order valence-corrected chi connectivity index (χ1v) is 4.43. The van der Waals surface area contributed by atoms with Gasteiger partial charge in [0.1, 0.15) is 5.69 Å². The van der Waals surface area contributed by atoms with Crippen LogP contribution in [0.15, 0.2) is 18.2 Å². The lowest BCUT2D eigenvalue weighted by Gasteiger charge is -2.10. The van der Waals surface area contributed by atoms with Gasteiger partial charge >= 0.3 is 0 Å². The van der Waals surface area contributed by atoms with Gasteiger partial charge in [-0.15, -0.1) is 0 Å². The second-order valence-corrected chi connectivity index (χ2v) is 3.49. The molecule has 0 radical (unpaired) electrons. The molecule has 0 saturated heterocycles. The number of nitro groups is 1. The summed E-state index contributed by atoms with van der Waals surface area (Å²) in [6, 6.07) is 4.85. The number of hydrogen-bond donors (Lipinski definition) is 2. The second-order valence-electron chi connectivity index (χ2n) is 3.49. The maximum absolute atomic E-state index is 10.6. The number of nitrogen functional groups attached to an aromatic ring is 1. The van der Waals surface area contributed by atoms with E-state index in [0.29, 0.717) is 12.2 Å². The van der Waals surface area contributed by atoms with E-state index in [1.54, 1.807) is 12.1 Å². The number of hydrogen-bond acceptors (Lipinski definition) is 5. The SMILES string of the molecule is CN(C)Cc1ccc([N+](=O)[O-])c(NN)c1. The zero-order valence-corrected chi connectivity index (χ0v) is 8.73. The summed E-state index contributed by atoms with van der Waals surface area (Å²) in [7, 11) is 3.86. The van der Waals surface area contributed by atoms with E-state index in [0.717, 1.165) is 5.56 Å². The highest BCUT2D eigenvalue weighted by molar-refractivity contribution is 5.62. The summed E-state index contributed by atoms with van der Waals surface area (Å²) in [5.74, 6) is 5.22. The Balaban J connectivity index is 3.02. The average Bonchev–Trinajstić information content (AvgIpc) is 2.16. The molecule has 0 spiro atoms. The number of benzene rings is 1. The van der Waals surface area contributed by atoms with Crippen molar-refractivity contribution in [2.24, 2.45) is 5.84 Å². The maximum atomic E-state index is 10.6. The average molecular weight is 210 g/mol. The molecule has 0 heterocycles. The quantitative estimate of drug-likeness (QED) is 0.439. The first-order valence-electron chi connectivity index (χ1n) is 4.43. The number of nitrogens with zero attached hydrogens (tertiary/aromatic N) is 2. The molecule has 0 aliphatic heterocycles. The Labute approximate surface area is 87.8 Å². The molecule has 3 N–H and O–H groups in total. The predicted molar refractivity (Wildman–Crippen MR) is 58.3 cm³/mol. The van der Waals surface area contributed by atoms with Crippen LogP contribution in [0.3, 0.4) is 0 Å². The first-order chi connectivity index (χ1) is 7.04. The minimum absolute atomic E-state index is 0.0139. The molecule has 0 atom stereocenters. The molecule has 82 valence electrons. The Bertz CT molecular complexity index is 365. The minimum Gasteiger partial charge on any atom is -0.318 e. The van der Waals surface area contributed by atoms with Crippen molar-refractivity contribution in [2.45, 2.75) is 6.54 Å². The Morgan fingerprint density at radius 3 is 2.67 bits per heavy atom. The fourth-order valence-corrected chi connectivity index (χ4v) is 1.32. The molecule has 6 heteroatoms. The van der Waals surface area contributed by atoms with E-state index in [4.69, 9.17) is 5.84 Å². The van der Waals surface area contributed by atoms with Crippen molar-refractivity contribution in [3.05, 3.63) is 33.9 Å². The molecule has 0 bridgehead atoms. The van der Waals surface area contributed by atoms with Gasteiger partial charge in [0.25, 0.3) is 5.69 Å². The van der Waals surface area contributed by atoms with E-state index in [-0.39, 0.29) is 5.69 Å². The summed E-state index contributed by atoms with van der Waals surface area (Å²) in [4.78, 5) is 12.1. The van der Waals surface area contributed by atoms with Crippen LogP contribution in [-0.2, 0) is 6.54 Å². The van der Waals surface area contributed by atoms with Crippen LogP contribution < -0.4 is 11.3 Å². The largest absolute Gasteiger partial charge is 0.318 e. The standard InChI is InChI=1S/C9H14N4O2/c1-12(2)6-7-3-4-9(13(14)15)8(5-7)11-10/h3-5,11H,6,10H2,1-2H3. The van der Waals surface area contributed by atoms with Crippen molar-refractivity contribution >= 4 is 11.4 Å². The Kier molecular flexibility index (Phi) is 3.59. The number of rotatable bonds is 4. The Morgan fingerprint density at radius 2 is 2.20 bits per heavy atom. The lowest BCUT2D eigenvalue weighted by molar-refractivity contribution is -0.384. The van der Waals surface area contributed by atoms with E-state index < -0.39 is 4.92 Å². The van der Waals surface area contributed by atoms with Crippen molar-refractivity contribution in [1.82, 2.24) is 4.90 Å². The topological polar surface area (TPSA) is 84.4 Å². The van der Waals surface area contributed by atoms with Crippen LogP contribution in [0.4, 0.5) is 11.4 Å². The summed E-state index contributed by atoms with van der Waals surface area (Å²) in [5, 5.41) is 10.6. The van der Waals surface area contributed by atoms with Gasteiger partial charge in [0.2, 0.25) is 0 Å². The Hall–Kier alpha value is -1.66. The van der Waals surface area contributed by atoms with E-state index in [1.165, 1.54) is 6.07 Å². The number of nitro benzene ring substituents is 1. The van der Waals surface area contributed by atoms with Gasteiger partial charge in [0.05, 0.1) is 4.92 Å². The molecule has 1 aromatic carbocycles. The van der Waals surface area contributed by atoms with E-state index in [9.17, 15) is 10.1 Å². The molecule has 1 aromatic rings. The van der Waals surface area contributed by atoms with Crippen LogP contribution in [0.1, 0.15) is 5.56 Å². The van der Waals surface area contributed by atoms with Gasteiger partial charge < -0.3 is 10.3 Å². The fraction of sp³-hybridized carbons (Fsp3) is 0.333.